The average Bonchev–Trinajstić information content (AvgIpc) is 3.63. The molecule has 36 heavy (non-hydrogen) atoms. The number of piperazine rings is 1. The molecule has 0 unspecified atom stereocenters. The first-order chi connectivity index (χ1) is 16.8. The molecule has 1 aliphatic heterocycles. The van der Waals surface area contributed by atoms with E-state index >= 15 is 0 Å². The Labute approximate surface area is 206 Å². The first-order valence-electron chi connectivity index (χ1n) is 11.6. The number of aromatic nitrogens is 1. The highest BCUT2D eigenvalue weighted by molar-refractivity contribution is 6.39. The Bertz CT molecular complexity index is 1190. The lowest BCUT2D eigenvalue weighted by atomic mass is 9.95. The molecule has 2 aromatic rings. The summed E-state index contributed by atoms with van der Waals surface area (Å²) < 4.78 is 41.1. The Hall–Kier alpha value is -3.63. The van der Waals surface area contributed by atoms with Crippen molar-refractivity contribution in [1.29, 1.82) is 0 Å². The second-order valence-electron chi connectivity index (χ2n) is 9.65. The van der Waals surface area contributed by atoms with Crippen molar-refractivity contribution in [3.63, 3.8) is 0 Å². The molecule has 1 saturated heterocycles. The standard InChI is InChI=1S/C25H28F3N5O3/c1-14-4-6-17(7-5-14)19-13-32(23(36)24(8-9-24)25(26,27)28)16(3)12-33(19)22(35)21(34)31-18-10-15(2)20(29)30-11-18/h4-7,10-11,16,19H,8-9,12-13H2,1-3H3,(H2,29,30)(H,31,34)/t16-,19-/m1/s1. The second kappa shape index (κ2) is 9.11. The highest BCUT2D eigenvalue weighted by atomic mass is 19.4. The molecule has 8 nitrogen and oxygen atoms in total. The van der Waals surface area contributed by atoms with Gasteiger partial charge in [-0.15, -0.1) is 0 Å². The van der Waals surface area contributed by atoms with Crippen LogP contribution in [0.5, 0.6) is 0 Å². The maximum atomic E-state index is 13.7. The van der Waals surface area contributed by atoms with Gasteiger partial charge in [0.1, 0.15) is 11.2 Å². The van der Waals surface area contributed by atoms with Crippen molar-refractivity contribution in [3.05, 3.63) is 53.2 Å². The summed E-state index contributed by atoms with van der Waals surface area (Å²) in [5.74, 6) is -2.45. The van der Waals surface area contributed by atoms with E-state index in [1.54, 1.807) is 32.0 Å². The van der Waals surface area contributed by atoms with Crippen molar-refractivity contribution in [2.45, 2.75) is 51.9 Å². The molecule has 2 heterocycles. The van der Waals surface area contributed by atoms with E-state index in [1.807, 2.05) is 19.1 Å². The molecule has 1 aromatic heterocycles. The number of carbonyl (C=O) groups excluding carboxylic acids is 3. The van der Waals surface area contributed by atoms with Crippen LogP contribution in [0.25, 0.3) is 0 Å². The van der Waals surface area contributed by atoms with Gasteiger partial charge in [0.15, 0.2) is 0 Å². The summed E-state index contributed by atoms with van der Waals surface area (Å²) in [5.41, 5.74) is 5.82. The zero-order valence-corrected chi connectivity index (χ0v) is 20.2. The number of hydrogen-bond acceptors (Lipinski definition) is 5. The van der Waals surface area contributed by atoms with E-state index in [4.69, 9.17) is 5.73 Å². The molecule has 2 fully saturated rings. The van der Waals surface area contributed by atoms with E-state index in [0.717, 1.165) is 5.56 Å². The SMILES string of the molecule is Cc1ccc([C@H]2CN(C(=O)C3(C(F)(F)F)CC3)[C@H](C)CN2C(=O)C(=O)Nc2cnc(N)c(C)c2)cc1. The summed E-state index contributed by atoms with van der Waals surface area (Å²) in [7, 11) is 0. The molecule has 3 amide bonds. The third kappa shape index (κ3) is 4.61. The molecule has 1 saturated carbocycles. The lowest BCUT2D eigenvalue weighted by molar-refractivity contribution is -0.201. The van der Waals surface area contributed by atoms with Gasteiger partial charge in [0.2, 0.25) is 5.91 Å². The number of nitrogens with zero attached hydrogens (tertiary/aromatic N) is 3. The van der Waals surface area contributed by atoms with Gasteiger partial charge in [0, 0.05) is 19.1 Å². The summed E-state index contributed by atoms with van der Waals surface area (Å²) in [6.45, 7) is 4.92. The van der Waals surface area contributed by atoms with Crippen LogP contribution in [0.2, 0.25) is 0 Å². The van der Waals surface area contributed by atoms with Gasteiger partial charge in [0.05, 0.1) is 17.9 Å². The zero-order chi connectivity index (χ0) is 26.4. The predicted molar refractivity (Wildman–Crippen MR) is 127 cm³/mol. The van der Waals surface area contributed by atoms with Crippen LogP contribution < -0.4 is 11.1 Å². The molecule has 11 heteroatoms. The smallest absolute Gasteiger partial charge is 0.383 e. The number of aryl methyl sites for hydroxylation is 2. The zero-order valence-electron chi connectivity index (χ0n) is 20.2. The number of halogens is 3. The Balaban J connectivity index is 1.61. The summed E-state index contributed by atoms with van der Waals surface area (Å²) in [5, 5.41) is 2.51. The van der Waals surface area contributed by atoms with Gasteiger partial charge >= 0.3 is 18.0 Å². The average molecular weight is 504 g/mol. The number of nitrogen functional groups attached to an aromatic ring is 1. The molecule has 1 aliphatic carbocycles. The maximum absolute atomic E-state index is 13.7. The summed E-state index contributed by atoms with van der Waals surface area (Å²) in [6, 6.07) is 7.19. The Morgan fingerprint density at radius 3 is 2.28 bits per heavy atom. The molecular formula is C25H28F3N5O3. The molecule has 0 spiro atoms. The monoisotopic (exact) mass is 503 g/mol. The molecule has 2 atom stereocenters. The third-order valence-electron chi connectivity index (χ3n) is 7.00. The number of hydrogen-bond donors (Lipinski definition) is 2. The van der Waals surface area contributed by atoms with E-state index in [1.165, 1.54) is 16.0 Å². The summed E-state index contributed by atoms with van der Waals surface area (Å²) in [4.78, 5) is 45.7. The highest BCUT2D eigenvalue weighted by Crippen LogP contribution is 2.59. The molecule has 3 N–H and O–H groups in total. The first kappa shape index (κ1) is 25.5. The number of pyridine rings is 1. The first-order valence-corrected chi connectivity index (χ1v) is 11.6. The van der Waals surface area contributed by atoms with Crippen molar-refractivity contribution in [2.24, 2.45) is 5.41 Å². The van der Waals surface area contributed by atoms with Crippen LogP contribution >= 0.6 is 0 Å². The quantitative estimate of drug-likeness (QED) is 0.625. The number of nitrogens with one attached hydrogen (secondary N) is 1. The van der Waals surface area contributed by atoms with Crippen LogP contribution in [0, 0.1) is 19.3 Å². The molecule has 0 radical (unpaired) electrons. The summed E-state index contributed by atoms with van der Waals surface area (Å²) >= 11 is 0. The van der Waals surface area contributed by atoms with Crippen molar-refractivity contribution in [2.75, 3.05) is 24.1 Å². The van der Waals surface area contributed by atoms with E-state index in [-0.39, 0.29) is 31.6 Å². The van der Waals surface area contributed by atoms with Crippen LogP contribution in [-0.4, -0.2) is 57.8 Å². The fraction of sp³-hybridized carbons (Fsp3) is 0.440. The normalized spacial score (nSPS) is 21.2. The van der Waals surface area contributed by atoms with Crippen LogP contribution in [0.3, 0.4) is 0 Å². The Morgan fingerprint density at radius 1 is 1.08 bits per heavy atom. The van der Waals surface area contributed by atoms with Gasteiger partial charge < -0.3 is 20.9 Å². The molecule has 0 bridgehead atoms. The van der Waals surface area contributed by atoms with Gasteiger partial charge in [-0.3, -0.25) is 14.4 Å². The topological polar surface area (TPSA) is 109 Å². The minimum atomic E-state index is -4.64. The van der Waals surface area contributed by atoms with Gasteiger partial charge in [-0.1, -0.05) is 29.8 Å². The highest BCUT2D eigenvalue weighted by Gasteiger charge is 2.70. The van der Waals surface area contributed by atoms with Crippen molar-refractivity contribution >= 4 is 29.2 Å². The fourth-order valence-corrected chi connectivity index (χ4v) is 4.54. The lowest BCUT2D eigenvalue weighted by Crippen LogP contribution is -2.60. The van der Waals surface area contributed by atoms with Crippen molar-refractivity contribution in [3.8, 4) is 0 Å². The van der Waals surface area contributed by atoms with Crippen molar-refractivity contribution < 1.29 is 27.6 Å². The number of anilines is 2. The summed E-state index contributed by atoms with van der Waals surface area (Å²) in [6.07, 6.45) is -3.79. The fourth-order valence-electron chi connectivity index (χ4n) is 4.54. The predicted octanol–water partition coefficient (Wildman–Crippen LogP) is 3.36. The van der Waals surface area contributed by atoms with E-state index in [2.05, 4.69) is 10.3 Å². The molecule has 1 aromatic carbocycles. The van der Waals surface area contributed by atoms with Gasteiger partial charge in [-0.2, -0.15) is 13.2 Å². The van der Waals surface area contributed by atoms with Crippen LogP contribution in [0.4, 0.5) is 24.7 Å². The van der Waals surface area contributed by atoms with Crippen molar-refractivity contribution in [1.82, 2.24) is 14.8 Å². The number of amides is 3. The van der Waals surface area contributed by atoms with E-state index in [9.17, 15) is 27.6 Å². The number of benzene rings is 1. The number of alkyl halides is 3. The minimum absolute atomic E-state index is 0.0938. The number of nitrogens with two attached hydrogens (primary N) is 1. The van der Waals surface area contributed by atoms with Crippen LogP contribution in [-0.2, 0) is 14.4 Å². The molecule has 4 rings (SSSR count). The van der Waals surface area contributed by atoms with Crippen LogP contribution in [0.15, 0.2) is 36.5 Å². The Kier molecular flexibility index (Phi) is 6.44. The van der Waals surface area contributed by atoms with Crippen LogP contribution in [0.1, 0.15) is 42.5 Å². The van der Waals surface area contributed by atoms with E-state index < -0.39 is 41.4 Å². The lowest BCUT2D eigenvalue weighted by Gasteiger charge is -2.46. The molecule has 192 valence electrons. The van der Waals surface area contributed by atoms with E-state index in [0.29, 0.717) is 16.9 Å². The minimum Gasteiger partial charge on any atom is -0.383 e. The van der Waals surface area contributed by atoms with Gasteiger partial charge in [-0.05, 0) is 50.8 Å². The van der Waals surface area contributed by atoms with Gasteiger partial charge in [0.25, 0.3) is 0 Å². The number of rotatable bonds is 3. The second-order valence-corrected chi connectivity index (χ2v) is 9.65. The third-order valence-corrected chi connectivity index (χ3v) is 7.00. The Morgan fingerprint density at radius 2 is 1.72 bits per heavy atom. The number of carbonyl (C=O) groups is 3. The maximum Gasteiger partial charge on any atom is 0.403 e. The van der Waals surface area contributed by atoms with Gasteiger partial charge in [-0.25, -0.2) is 4.98 Å². The molecule has 2 aliphatic rings. The largest absolute Gasteiger partial charge is 0.403 e. The molecular weight excluding hydrogens is 475 g/mol.